The molecule has 0 amide bonds. The quantitative estimate of drug-likeness (QED) is 0.671. The van der Waals surface area contributed by atoms with Crippen LogP contribution in [0.2, 0.25) is 0 Å². The third-order valence-electron chi connectivity index (χ3n) is 4.49. The average molecular weight is 301 g/mol. The van der Waals surface area contributed by atoms with E-state index in [0.717, 1.165) is 36.9 Å². The number of ether oxygens (including phenoxy) is 1. The first kappa shape index (κ1) is 15.2. The van der Waals surface area contributed by atoms with Crippen LogP contribution in [0, 0.1) is 12.8 Å². The maximum Gasteiger partial charge on any atom is 0.191 e. The maximum absolute atomic E-state index is 6.14. The zero-order chi connectivity index (χ0) is 15.4. The van der Waals surface area contributed by atoms with Gasteiger partial charge in [-0.15, -0.1) is 0 Å². The van der Waals surface area contributed by atoms with E-state index in [9.17, 15) is 0 Å². The Morgan fingerprint density at radius 1 is 1.27 bits per heavy atom. The molecular formula is C18H27N3O. The Balaban J connectivity index is 1.64. The topological polar surface area (TPSA) is 50.8 Å². The number of nitrogens with two attached hydrogens (primary N) is 1. The average Bonchev–Trinajstić information content (AvgIpc) is 3.37. The summed E-state index contributed by atoms with van der Waals surface area (Å²) < 4.78 is 6.00. The van der Waals surface area contributed by atoms with Crippen LogP contribution < -0.4 is 10.5 Å². The van der Waals surface area contributed by atoms with E-state index in [2.05, 4.69) is 35.0 Å². The minimum atomic E-state index is 0.600. The summed E-state index contributed by atoms with van der Waals surface area (Å²) in [6, 6.07) is 6.35. The van der Waals surface area contributed by atoms with Crippen molar-refractivity contribution in [2.75, 3.05) is 19.7 Å². The minimum Gasteiger partial charge on any atom is -0.493 e. The second-order valence-electron chi connectivity index (χ2n) is 6.59. The molecule has 2 N–H and O–H groups in total. The standard InChI is InChI=1S/C18H27N3O/c1-14-5-8-16(17(11-14)22-13-15-6-7-15)12-20-18(19)21-9-3-2-4-10-21/h5,8,11,15H,2-4,6-7,9-10,12-13H2,1H3,(H2,19,20). The van der Waals surface area contributed by atoms with Crippen molar-refractivity contribution in [2.24, 2.45) is 16.6 Å². The second-order valence-corrected chi connectivity index (χ2v) is 6.59. The number of aryl methyl sites for hydroxylation is 1. The van der Waals surface area contributed by atoms with Gasteiger partial charge in [-0.05, 0) is 56.6 Å². The number of rotatable bonds is 5. The number of likely N-dealkylation sites (tertiary alicyclic amines) is 1. The molecule has 2 aliphatic rings. The van der Waals surface area contributed by atoms with Gasteiger partial charge in [0.15, 0.2) is 5.96 Å². The summed E-state index contributed by atoms with van der Waals surface area (Å²) in [4.78, 5) is 6.79. The van der Waals surface area contributed by atoms with Crippen LogP contribution in [-0.4, -0.2) is 30.6 Å². The van der Waals surface area contributed by atoms with Gasteiger partial charge in [0, 0.05) is 18.7 Å². The molecule has 1 aromatic carbocycles. The SMILES string of the molecule is Cc1ccc(CN=C(N)N2CCCCC2)c(OCC2CC2)c1. The van der Waals surface area contributed by atoms with Gasteiger partial charge in [-0.25, -0.2) is 4.99 Å². The van der Waals surface area contributed by atoms with Crippen LogP contribution in [0.3, 0.4) is 0 Å². The number of benzene rings is 1. The van der Waals surface area contributed by atoms with Crippen LogP contribution in [-0.2, 0) is 6.54 Å². The first-order chi connectivity index (χ1) is 10.7. The summed E-state index contributed by atoms with van der Waals surface area (Å²) in [7, 11) is 0. The molecule has 0 unspecified atom stereocenters. The molecule has 22 heavy (non-hydrogen) atoms. The van der Waals surface area contributed by atoms with Crippen LogP contribution in [0.25, 0.3) is 0 Å². The molecule has 0 spiro atoms. The molecule has 1 aromatic rings. The Morgan fingerprint density at radius 2 is 2.05 bits per heavy atom. The lowest BCUT2D eigenvalue weighted by Crippen LogP contribution is -2.40. The van der Waals surface area contributed by atoms with E-state index in [0.29, 0.717) is 12.5 Å². The molecule has 1 heterocycles. The van der Waals surface area contributed by atoms with Crippen molar-refractivity contribution >= 4 is 5.96 Å². The van der Waals surface area contributed by atoms with Crippen LogP contribution in [0.5, 0.6) is 5.75 Å². The fourth-order valence-electron chi connectivity index (χ4n) is 2.81. The summed E-state index contributed by atoms with van der Waals surface area (Å²) in [6.45, 7) is 5.60. The zero-order valence-electron chi connectivity index (χ0n) is 13.6. The highest BCUT2D eigenvalue weighted by atomic mass is 16.5. The molecule has 1 saturated heterocycles. The Kier molecular flexibility index (Phi) is 4.86. The van der Waals surface area contributed by atoms with E-state index in [1.165, 1.54) is 37.7 Å². The predicted octanol–water partition coefficient (Wildman–Crippen LogP) is 3.08. The molecule has 0 atom stereocenters. The van der Waals surface area contributed by atoms with Gasteiger partial charge in [0.05, 0.1) is 13.2 Å². The van der Waals surface area contributed by atoms with E-state index >= 15 is 0 Å². The van der Waals surface area contributed by atoms with Gasteiger partial charge >= 0.3 is 0 Å². The lowest BCUT2D eigenvalue weighted by molar-refractivity contribution is 0.296. The van der Waals surface area contributed by atoms with E-state index in [-0.39, 0.29) is 0 Å². The number of nitrogens with zero attached hydrogens (tertiary/aromatic N) is 2. The fraction of sp³-hybridized carbons (Fsp3) is 0.611. The third kappa shape index (κ3) is 4.15. The summed E-state index contributed by atoms with van der Waals surface area (Å²) in [5.74, 6) is 2.41. The number of hydrogen-bond donors (Lipinski definition) is 1. The second kappa shape index (κ2) is 7.03. The summed E-state index contributed by atoms with van der Waals surface area (Å²) >= 11 is 0. The van der Waals surface area contributed by atoms with Crippen LogP contribution >= 0.6 is 0 Å². The largest absolute Gasteiger partial charge is 0.493 e. The first-order valence-corrected chi connectivity index (χ1v) is 8.49. The highest BCUT2D eigenvalue weighted by Crippen LogP contribution is 2.31. The van der Waals surface area contributed by atoms with Crippen molar-refractivity contribution in [3.05, 3.63) is 29.3 Å². The van der Waals surface area contributed by atoms with E-state index in [1.54, 1.807) is 0 Å². The Bertz CT molecular complexity index is 531. The van der Waals surface area contributed by atoms with Crippen molar-refractivity contribution in [2.45, 2.75) is 45.6 Å². The Labute approximate surface area is 133 Å². The molecule has 1 saturated carbocycles. The summed E-state index contributed by atoms with van der Waals surface area (Å²) in [6.07, 6.45) is 6.36. The first-order valence-electron chi connectivity index (χ1n) is 8.49. The zero-order valence-corrected chi connectivity index (χ0v) is 13.6. The van der Waals surface area contributed by atoms with Gasteiger partial charge in [-0.1, -0.05) is 12.1 Å². The molecular weight excluding hydrogens is 274 g/mol. The van der Waals surface area contributed by atoms with Gasteiger partial charge in [0.25, 0.3) is 0 Å². The molecule has 2 fully saturated rings. The molecule has 1 aliphatic carbocycles. The van der Waals surface area contributed by atoms with Crippen LogP contribution in [0.15, 0.2) is 23.2 Å². The van der Waals surface area contributed by atoms with Crippen LogP contribution in [0.4, 0.5) is 0 Å². The van der Waals surface area contributed by atoms with Crippen molar-refractivity contribution in [1.29, 1.82) is 0 Å². The predicted molar refractivity (Wildman–Crippen MR) is 90.1 cm³/mol. The van der Waals surface area contributed by atoms with Crippen molar-refractivity contribution in [3.8, 4) is 5.75 Å². The molecule has 0 aromatic heterocycles. The number of aliphatic imine (C=N–C) groups is 1. The van der Waals surface area contributed by atoms with Gasteiger partial charge in [-0.3, -0.25) is 0 Å². The lowest BCUT2D eigenvalue weighted by atomic mass is 10.1. The van der Waals surface area contributed by atoms with E-state index in [4.69, 9.17) is 10.5 Å². The Hall–Kier alpha value is -1.71. The molecule has 0 bridgehead atoms. The van der Waals surface area contributed by atoms with Gasteiger partial charge < -0.3 is 15.4 Å². The highest BCUT2D eigenvalue weighted by molar-refractivity contribution is 5.78. The Morgan fingerprint density at radius 3 is 2.77 bits per heavy atom. The lowest BCUT2D eigenvalue weighted by Gasteiger charge is -2.27. The third-order valence-corrected chi connectivity index (χ3v) is 4.49. The van der Waals surface area contributed by atoms with Gasteiger partial charge in [0.2, 0.25) is 0 Å². The summed E-state index contributed by atoms with van der Waals surface area (Å²) in [5.41, 5.74) is 8.50. The number of guanidine groups is 1. The number of piperidine rings is 1. The van der Waals surface area contributed by atoms with Gasteiger partial charge in [-0.2, -0.15) is 0 Å². The minimum absolute atomic E-state index is 0.600. The van der Waals surface area contributed by atoms with Gasteiger partial charge in [0.1, 0.15) is 5.75 Å². The molecule has 4 heteroatoms. The van der Waals surface area contributed by atoms with Crippen LogP contribution in [0.1, 0.15) is 43.2 Å². The van der Waals surface area contributed by atoms with Crippen molar-refractivity contribution in [3.63, 3.8) is 0 Å². The van der Waals surface area contributed by atoms with E-state index < -0.39 is 0 Å². The summed E-state index contributed by atoms with van der Waals surface area (Å²) in [5, 5.41) is 0. The monoisotopic (exact) mass is 301 g/mol. The maximum atomic E-state index is 6.14. The fourth-order valence-corrected chi connectivity index (χ4v) is 2.81. The van der Waals surface area contributed by atoms with Crippen molar-refractivity contribution in [1.82, 2.24) is 4.90 Å². The number of hydrogen-bond acceptors (Lipinski definition) is 2. The molecule has 1 aliphatic heterocycles. The smallest absolute Gasteiger partial charge is 0.191 e. The highest BCUT2D eigenvalue weighted by Gasteiger charge is 2.22. The molecule has 3 rings (SSSR count). The molecule has 4 nitrogen and oxygen atoms in total. The normalized spacial score (nSPS) is 19.3. The van der Waals surface area contributed by atoms with Crippen molar-refractivity contribution < 1.29 is 4.74 Å². The van der Waals surface area contributed by atoms with E-state index in [1.807, 2.05) is 0 Å². The molecule has 120 valence electrons. The molecule has 0 radical (unpaired) electrons.